The Hall–Kier alpha value is -0.720. The van der Waals surface area contributed by atoms with E-state index in [2.05, 4.69) is 0 Å². The largest absolute Gasteiger partial charge is 0.295 e. The van der Waals surface area contributed by atoms with Crippen molar-refractivity contribution in [2.45, 2.75) is 11.3 Å². The second-order valence-electron chi connectivity index (χ2n) is 4.78. The molecule has 1 spiro atoms. The molecule has 19 heavy (non-hydrogen) atoms. The number of amides is 1. The number of carbonyl (C=O) groups is 1. The van der Waals surface area contributed by atoms with Gasteiger partial charge in [0.05, 0.1) is 17.3 Å². The van der Waals surface area contributed by atoms with Crippen molar-refractivity contribution < 1.29 is 13.2 Å². The lowest BCUT2D eigenvalue weighted by atomic mass is 10.1. The molecule has 2 fully saturated rings. The smallest absolute Gasteiger partial charge is 0.238 e. The molecule has 0 N–H and O–H groups in total. The Balaban J connectivity index is 2.02. The van der Waals surface area contributed by atoms with Crippen LogP contribution in [-0.2, 0) is 14.6 Å². The van der Waals surface area contributed by atoms with E-state index in [1.807, 2.05) is 0 Å². The Morgan fingerprint density at radius 3 is 2.53 bits per heavy atom. The quantitative estimate of drug-likeness (QED) is 0.794. The van der Waals surface area contributed by atoms with Crippen molar-refractivity contribution in [3.63, 3.8) is 0 Å². The van der Waals surface area contributed by atoms with E-state index in [4.69, 9.17) is 11.6 Å². The zero-order valence-electron chi connectivity index (χ0n) is 10.0. The van der Waals surface area contributed by atoms with E-state index in [9.17, 15) is 13.2 Å². The fraction of sp³-hybridized carbons (Fsp3) is 0.417. The highest BCUT2D eigenvalue weighted by Crippen LogP contribution is 2.46. The molecule has 1 amide bonds. The van der Waals surface area contributed by atoms with E-state index in [0.29, 0.717) is 17.2 Å². The minimum Gasteiger partial charge on any atom is -0.295 e. The molecule has 0 aliphatic carbocycles. The predicted octanol–water partition coefficient (Wildman–Crippen LogP) is 1.93. The van der Waals surface area contributed by atoms with Crippen LogP contribution >= 0.6 is 23.4 Å². The van der Waals surface area contributed by atoms with Gasteiger partial charge in [0.1, 0.15) is 4.87 Å². The summed E-state index contributed by atoms with van der Waals surface area (Å²) in [6, 6.07) is 6.95. The van der Waals surface area contributed by atoms with Crippen LogP contribution in [0.2, 0.25) is 5.02 Å². The molecule has 1 aromatic rings. The first-order chi connectivity index (χ1) is 8.92. The van der Waals surface area contributed by atoms with Gasteiger partial charge in [0.2, 0.25) is 5.91 Å². The van der Waals surface area contributed by atoms with E-state index in [0.717, 1.165) is 5.69 Å². The number of benzene rings is 1. The summed E-state index contributed by atoms with van der Waals surface area (Å²) < 4.78 is 23.5. The Morgan fingerprint density at radius 2 is 1.95 bits per heavy atom. The van der Waals surface area contributed by atoms with Crippen molar-refractivity contribution in [3.8, 4) is 0 Å². The summed E-state index contributed by atoms with van der Waals surface area (Å²) in [4.78, 5) is 13.1. The first-order valence-electron chi connectivity index (χ1n) is 5.85. The monoisotopic (exact) mass is 317 g/mol. The van der Waals surface area contributed by atoms with Crippen molar-refractivity contribution in [1.82, 2.24) is 0 Å². The van der Waals surface area contributed by atoms with Gasteiger partial charge in [-0.2, -0.15) is 0 Å². The molecular formula is C12H12ClNO3S2. The third kappa shape index (κ3) is 2.26. The molecule has 0 saturated carbocycles. The number of thioether (sulfide) groups is 1. The molecule has 0 unspecified atom stereocenters. The van der Waals surface area contributed by atoms with Gasteiger partial charge in [-0.05, 0) is 30.7 Å². The lowest BCUT2D eigenvalue weighted by Crippen LogP contribution is -2.45. The van der Waals surface area contributed by atoms with E-state index in [-0.39, 0.29) is 17.4 Å². The number of halogens is 1. The summed E-state index contributed by atoms with van der Waals surface area (Å²) in [5.74, 6) is 0.485. The van der Waals surface area contributed by atoms with Crippen molar-refractivity contribution >= 4 is 44.8 Å². The Kier molecular flexibility index (Phi) is 3.07. The van der Waals surface area contributed by atoms with Gasteiger partial charge >= 0.3 is 0 Å². The van der Waals surface area contributed by atoms with Gasteiger partial charge in [-0.25, -0.2) is 8.42 Å². The Labute approximate surface area is 121 Å². The fourth-order valence-electron chi connectivity index (χ4n) is 2.62. The van der Waals surface area contributed by atoms with Gasteiger partial charge in [0.15, 0.2) is 9.84 Å². The average Bonchev–Trinajstić information content (AvgIpc) is 2.82. The third-order valence-electron chi connectivity index (χ3n) is 3.46. The lowest BCUT2D eigenvalue weighted by molar-refractivity contribution is -0.116. The SMILES string of the molecule is O=C1CS[C@@]2(CCS(=O)(=O)C2)N1c1ccc(Cl)cc1. The van der Waals surface area contributed by atoms with E-state index in [1.54, 1.807) is 29.2 Å². The molecule has 1 aromatic carbocycles. The normalized spacial score (nSPS) is 29.3. The summed E-state index contributed by atoms with van der Waals surface area (Å²) in [5, 5.41) is 0.594. The summed E-state index contributed by atoms with van der Waals surface area (Å²) in [7, 11) is -3.05. The molecule has 102 valence electrons. The number of hydrogen-bond donors (Lipinski definition) is 0. The second kappa shape index (κ2) is 4.40. The molecule has 0 radical (unpaired) electrons. The van der Waals surface area contributed by atoms with Crippen LogP contribution in [0.15, 0.2) is 24.3 Å². The van der Waals surface area contributed by atoms with Crippen molar-refractivity contribution in [2.75, 3.05) is 22.2 Å². The third-order valence-corrected chi connectivity index (χ3v) is 7.09. The maximum Gasteiger partial charge on any atom is 0.238 e. The molecular weight excluding hydrogens is 306 g/mol. The van der Waals surface area contributed by atoms with Crippen molar-refractivity contribution in [3.05, 3.63) is 29.3 Å². The number of sulfone groups is 1. The standard InChI is InChI=1S/C12H12ClNO3S2/c13-9-1-3-10(4-2-9)14-11(15)7-18-12(14)5-6-19(16,17)8-12/h1-4H,5-8H2/t12-/m1/s1. The molecule has 1 atom stereocenters. The van der Waals surface area contributed by atoms with Gasteiger partial charge in [-0.1, -0.05) is 11.6 Å². The second-order valence-corrected chi connectivity index (χ2v) is 8.74. The topological polar surface area (TPSA) is 54.5 Å². The molecule has 2 aliphatic rings. The van der Waals surface area contributed by atoms with Crippen LogP contribution in [0.25, 0.3) is 0 Å². The fourth-order valence-corrected chi connectivity index (χ4v) is 6.60. The maximum atomic E-state index is 12.1. The molecule has 4 nitrogen and oxygen atoms in total. The van der Waals surface area contributed by atoms with Crippen LogP contribution in [0.1, 0.15) is 6.42 Å². The van der Waals surface area contributed by atoms with Gasteiger partial charge in [0, 0.05) is 10.7 Å². The van der Waals surface area contributed by atoms with E-state index >= 15 is 0 Å². The lowest BCUT2D eigenvalue weighted by Gasteiger charge is -2.32. The summed E-state index contributed by atoms with van der Waals surface area (Å²) in [5.41, 5.74) is 0.719. The van der Waals surface area contributed by atoms with Gasteiger partial charge in [-0.15, -0.1) is 11.8 Å². The number of carbonyl (C=O) groups excluding carboxylic acids is 1. The van der Waals surface area contributed by atoms with Gasteiger partial charge in [0.25, 0.3) is 0 Å². The van der Waals surface area contributed by atoms with Crippen LogP contribution in [0.3, 0.4) is 0 Å². The van der Waals surface area contributed by atoms with Gasteiger partial charge in [-0.3, -0.25) is 9.69 Å². The van der Waals surface area contributed by atoms with Gasteiger partial charge < -0.3 is 0 Å². The summed E-state index contributed by atoms with van der Waals surface area (Å²) in [6.07, 6.45) is 0.494. The average molecular weight is 318 g/mol. The number of anilines is 1. The predicted molar refractivity (Wildman–Crippen MR) is 77.4 cm³/mol. The molecule has 0 bridgehead atoms. The first-order valence-corrected chi connectivity index (χ1v) is 9.03. The highest BCUT2D eigenvalue weighted by molar-refractivity contribution is 8.03. The number of hydrogen-bond acceptors (Lipinski definition) is 4. The highest BCUT2D eigenvalue weighted by Gasteiger charge is 2.53. The Morgan fingerprint density at radius 1 is 1.26 bits per heavy atom. The number of nitrogens with zero attached hydrogens (tertiary/aromatic N) is 1. The van der Waals surface area contributed by atoms with Crippen molar-refractivity contribution in [1.29, 1.82) is 0 Å². The first kappa shape index (κ1) is 13.3. The summed E-state index contributed by atoms with van der Waals surface area (Å²) in [6.45, 7) is 0. The number of rotatable bonds is 1. The van der Waals surface area contributed by atoms with Crippen LogP contribution in [0.5, 0.6) is 0 Å². The van der Waals surface area contributed by atoms with Crippen LogP contribution < -0.4 is 4.90 Å². The molecule has 3 rings (SSSR count). The minimum absolute atomic E-state index is 0.0376. The summed E-state index contributed by atoms with van der Waals surface area (Å²) >= 11 is 7.28. The maximum absolute atomic E-state index is 12.1. The molecule has 2 aliphatic heterocycles. The zero-order chi connectivity index (χ0) is 13.7. The van der Waals surface area contributed by atoms with Crippen LogP contribution in [0.4, 0.5) is 5.69 Å². The van der Waals surface area contributed by atoms with Crippen LogP contribution in [-0.4, -0.2) is 36.5 Å². The highest BCUT2D eigenvalue weighted by atomic mass is 35.5. The molecule has 2 saturated heterocycles. The molecule has 7 heteroatoms. The van der Waals surface area contributed by atoms with Crippen molar-refractivity contribution in [2.24, 2.45) is 0 Å². The molecule has 0 aromatic heterocycles. The van der Waals surface area contributed by atoms with Crippen LogP contribution in [0, 0.1) is 0 Å². The minimum atomic E-state index is -3.05. The van der Waals surface area contributed by atoms with E-state index in [1.165, 1.54) is 11.8 Å². The Bertz CT molecular complexity index is 629. The van der Waals surface area contributed by atoms with E-state index < -0.39 is 14.7 Å². The zero-order valence-corrected chi connectivity index (χ0v) is 12.4. The molecule has 2 heterocycles.